The lowest BCUT2D eigenvalue weighted by Crippen LogP contribution is -2.32. The number of esters is 5. The number of fused-ring (bicyclic) bond motifs is 1. The number of carbonyl (C=O) groups excluding carboxylic acids is 5. The van der Waals surface area contributed by atoms with Crippen LogP contribution in [0.4, 0.5) is 0 Å². The van der Waals surface area contributed by atoms with Crippen molar-refractivity contribution < 1.29 is 57.1 Å². The van der Waals surface area contributed by atoms with Crippen molar-refractivity contribution in [3.63, 3.8) is 0 Å². The largest absolute Gasteiger partial charge is 0.496 e. The molecular weight excluding hydrogens is 516 g/mol. The molecule has 39 heavy (non-hydrogen) atoms. The summed E-state index contributed by atoms with van der Waals surface area (Å²) in [5, 5.41) is 0. The quantitative estimate of drug-likeness (QED) is 0.190. The fourth-order valence-corrected chi connectivity index (χ4v) is 3.84. The molecule has 0 saturated heterocycles. The van der Waals surface area contributed by atoms with E-state index in [0.717, 1.165) is 5.57 Å². The number of allylic oxidation sites excluding steroid dienone is 2. The zero-order chi connectivity index (χ0) is 29.1. The van der Waals surface area contributed by atoms with E-state index in [9.17, 15) is 24.0 Å². The maximum absolute atomic E-state index is 12.6. The lowest BCUT2D eigenvalue weighted by molar-refractivity contribution is -0.166. The molecule has 0 radical (unpaired) electrons. The van der Waals surface area contributed by atoms with Crippen molar-refractivity contribution in [2.24, 2.45) is 0 Å². The summed E-state index contributed by atoms with van der Waals surface area (Å²) in [7, 11) is 2.80. The van der Waals surface area contributed by atoms with E-state index < -0.39 is 36.6 Å². The third kappa shape index (κ3) is 9.01. The smallest absolute Gasteiger partial charge is 0.344 e. The molecule has 1 aliphatic heterocycles. The van der Waals surface area contributed by atoms with Gasteiger partial charge in [-0.3, -0.25) is 14.4 Å². The van der Waals surface area contributed by atoms with E-state index in [1.165, 1.54) is 28.1 Å². The first-order valence-electron chi connectivity index (χ1n) is 12.2. The van der Waals surface area contributed by atoms with E-state index >= 15 is 0 Å². The summed E-state index contributed by atoms with van der Waals surface area (Å²) in [5.41, 5.74) is 2.87. The highest BCUT2D eigenvalue weighted by atomic mass is 16.6. The number of carbonyl (C=O) groups is 5. The van der Waals surface area contributed by atoms with Crippen molar-refractivity contribution >= 4 is 29.8 Å². The lowest BCUT2D eigenvalue weighted by atomic mass is 9.94. The Labute approximate surface area is 226 Å². The van der Waals surface area contributed by atoms with Crippen LogP contribution in [0.25, 0.3) is 0 Å². The maximum Gasteiger partial charge on any atom is 0.344 e. The fourth-order valence-electron chi connectivity index (χ4n) is 3.84. The molecule has 12 heteroatoms. The van der Waals surface area contributed by atoms with Gasteiger partial charge >= 0.3 is 29.8 Å². The molecule has 1 aliphatic rings. The molecule has 0 N–H and O–H groups in total. The second kappa shape index (κ2) is 14.7. The SMILES string of the molecule is COC(=O)CC/C(C)=C/Cc1c(OC)c(C)c2c(c1OCC(=O)OC(COC(C)=O)COC(C)=O)C(=O)OC2. The van der Waals surface area contributed by atoms with E-state index in [1.54, 1.807) is 6.92 Å². The standard InChI is InChI=1S/C27H34O12/c1-15(8-10-22(30)33-5)7-9-20-25(34-6)16(2)21-13-38-27(32)24(21)26(20)37-14-23(31)39-19(11-35-17(3)28)12-36-18(4)29/h7,19H,8-14H2,1-6H3/b15-7+. The predicted molar refractivity (Wildman–Crippen MR) is 134 cm³/mol. The van der Waals surface area contributed by atoms with Crippen molar-refractivity contribution in [2.75, 3.05) is 34.0 Å². The number of hydrogen-bond donors (Lipinski definition) is 0. The van der Waals surface area contributed by atoms with Gasteiger partial charge in [0.25, 0.3) is 0 Å². The van der Waals surface area contributed by atoms with E-state index in [0.29, 0.717) is 28.9 Å². The Kier molecular flexibility index (Phi) is 11.8. The number of rotatable bonds is 14. The predicted octanol–water partition coefficient (Wildman–Crippen LogP) is 2.53. The van der Waals surface area contributed by atoms with Gasteiger partial charge in [0.1, 0.15) is 36.9 Å². The summed E-state index contributed by atoms with van der Waals surface area (Å²) in [6.45, 7) is 4.79. The zero-order valence-corrected chi connectivity index (χ0v) is 23.0. The zero-order valence-electron chi connectivity index (χ0n) is 23.0. The van der Waals surface area contributed by atoms with Gasteiger partial charge in [0, 0.05) is 31.4 Å². The highest BCUT2D eigenvalue weighted by Crippen LogP contribution is 2.43. The Morgan fingerprint density at radius 3 is 2.15 bits per heavy atom. The molecule has 0 unspecified atom stereocenters. The molecule has 1 heterocycles. The average Bonchev–Trinajstić information content (AvgIpc) is 3.28. The molecule has 0 bridgehead atoms. The second-order valence-corrected chi connectivity index (χ2v) is 8.73. The third-order valence-corrected chi connectivity index (χ3v) is 5.81. The van der Waals surface area contributed by atoms with Crippen LogP contribution in [-0.4, -0.2) is 70.0 Å². The van der Waals surface area contributed by atoms with Crippen molar-refractivity contribution in [3.05, 3.63) is 33.9 Å². The molecule has 0 aromatic heterocycles. The number of ether oxygens (including phenoxy) is 7. The molecule has 1 aromatic rings. The monoisotopic (exact) mass is 550 g/mol. The summed E-state index contributed by atoms with van der Waals surface area (Å²) in [5.74, 6) is -2.41. The molecule has 214 valence electrons. The van der Waals surface area contributed by atoms with Crippen LogP contribution < -0.4 is 9.47 Å². The first-order chi connectivity index (χ1) is 18.5. The Morgan fingerprint density at radius 2 is 1.59 bits per heavy atom. The molecule has 2 rings (SSSR count). The van der Waals surface area contributed by atoms with E-state index in [-0.39, 0.29) is 49.9 Å². The van der Waals surface area contributed by atoms with Gasteiger partial charge < -0.3 is 33.2 Å². The molecule has 0 atom stereocenters. The van der Waals surface area contributed by atoms with Gasteiger partial charge in [0.15, 0.2) is 12.7 Å². The lowest BCUT2D eigenvalue weighted by Gasteiger charge is -2.20. The Hall–Kier alpha value is -4.09. The number of hydrogen-bond acceptors (Lipinski definition) is 12. The Bertz CT molecular complexity index is 1120. The van der Waals surface area contributed by atoms with E-state index in [1.807, 2.05) is 13.0 Å². The van der Waals surface area contributed by atoms with Crippen LogP contribution in [0.15, 0.2) is 11.6 Å². The van der Waals surface area contributed by atoms with Crippen LogP contribution >= 0.6 is 0 Å². The molecule has 0 fully saturated rings. The van der Waals surface area contributed by atoms with Crippen molar-refractivity contribution in [3.8, 4) is 11.5 Å². The Morgan fingerprint density at radius 1 is 0.949 bits per heavy atom. The van der Waals surface area contributed by atoms with Crippen LogP contribution in [0.3, 0.4) is 0 Å². The van der Waals surface area contributed by atoms with Crippen LogP contribution in [0.5, 0.6) is 11.5 Å². The highest BCUT2D eigenvalue weighted by Gasteiger charge is 2.33. The summed E-state index contributed by atoms with van der Waals surface area (Å²) in [6.07, 6.45) is 1.76. The van der Waals surface area contributed by atoms with Crippen molar-refractivity contribution in [2.45, 2.75) is 59.7 Å². The first kappa shape index (κ1) is 31.1. The number of benzene rings is 1. The van der Waals surface area contributed by atoms with Crippen LogP contribution in [0.2, 0.25) is 0 Å². The first-order valence-corrected chi connectivity index (χ1v) is 12.2. The summed E-state index contributed by atoms with van der Waals surface area (Å²) < 4.78 is 36.4. The third-order valence-electron chi connectivity index (χ3n) is 5.81. The van der Waals surface area contributed by atoms with Gasteiger partial charge in [-0.05, 0) is 32.3 Å². The van der Waals surface area contributed by atoms with Crippen LogP contribution in [0.1, 0.15) is 60.7 Å². The van der Waals surface area contributed by atoms with Crippen LogP contribution in [-0.2, 0) is 55.9 Å². The topological polar surface area (TPSA) is 150 Å². The second-order valence-electron chi connectivity index (χ2n) is 8.73. The molecule has 0 spiro atoms. The van der Waals surface area contributed by atoms with E-state index in [4.69, 9.17) is 28.4 Å². The summed E-state index contributed by atoms with van der Waals surface area (Å²) in [4.78, 5) is 59.1. The molecule has 0 saturated carbocycles. The van der Waals surface area contributed by atoms with Gasteiger partial charge in [0.05, 0.1) is 14.2 Å². The minimum absolute atomic E-state index is 0.0261. The number of methoxy groups -OCH3 is 2. The molecule has 0 amide bonds. The fraction of sp³-hybridized carbons (Fsp3) is 0.519. The van der Waals surface area contributed by atoms with Crippen molar-refractivity contribution in [1.29, 1.82) is 0 Å². The minimum Gasteiger partial charge on any atom is -0.496 e. The van der Waals surface area contributed by atoms with Crippen molar-refractivity contribution in [1.82, 2.24) is 0 Å². The minimum atomic E-state index is -1.06. The van der Waals surface area contributed by atoms with Crippen LogP contribution in [0, 0.1) is 6.92 Å². The molecular formula is C27H34O12. The van der Waals surface area contributed by atoms with Gasteiger partial charge in [-0.25, -0.2) is 9.59 Å². The van der Waals surface area contributed by atoms with Gasteiger partial charge in [0.2, 0.25) is 0 Å². The van der Waals surface area contributed by atoms with Gasteiger partial charge in [-0.15, -0.1) is 0 Å². The number of cyclic esters (lactones) is 1. The average molecular weight is 551 g/mol. The summed E-state index contributed by atoms with van der Waals surface area (Å²) in [6, 6.07) is 0. The Balaban J connectivity index is 2.31. The normalized spacial score (nSPS) is 12.4. The molecule has 0 aliphatic carbocycles. The molecule has 1 aromatic carbocycles. The van der Waals surface area contributed by atoms with Gasteiger partial charge in [-0.2, -0.15) is 0 Å². The van der Waals surface area contributed by atoms with E-state index in [2.05, 4.69) is 4.74 Å². The highest BCUT2D eigenvalue weighted by molar-refractivity contribution is 5.98. The van der Waals surface area contributed by atoms with Gasteiger partial charge in [-0.1, -0.05) is 11.6 Å². The maximum atomic E-state index is 12.6. The summed E-state index contributed by atoms with van der Waals surface area (Å²) >= 11 is 0. The molecule has 12 nitrogen and oxygen atoms in total.